The van der Waals surface area contributed by atoms with Gasteiger partial charge in [0, 0.05) is 11.1 Å². The number of rotatable bonds is 12. The molecule has 0 heterocycles. The van der Waals surface area contributed by atoms with Crippen molar-refractivity contribution in [3.63, 3.8) is 0 Å². The number of hydrogen-bond donors (Lipinski definition) is 0. The van der Waals surface area contributed by atoms with Crippen molar-refractivity contribution in [3.05, 3.63) is 119 Å². The molecule has 0 atom stereocenters. The second-order valence-corrected chi connectivity index (χ2v) is 9.94. The van der Waals surface area contributed by atoms with Gasteiger partial charge in [-0.15, -0.1) is 0 Å². The van der Waals surface area contributed by atoms with Gasteiger partial charge in [-0.25, -0.2) is 0 Å². The Hall–Kier alpha value is -6.38. The maximum Gasteiger partial charge on any atom is 0.169 e. The van der Waals surface area contributed by atoms with E-state index in [2.05, 4.69) is 12.1 Å². The van der Waals surface area contributed by atoms with Crippen LogP contribution in [0.4, 0.5) is 0 Å². The second kappa shape index (κ2) is 14.4. The summed E-state index contributed by atoms with van der Waals surface area (Å²) in [5.41, 5.74) is 5.02. The summed E-state index contributed by atoms with van der Waals surface area (Å²) in [5, 5.41) is 19.8. The Kier molecular flexibility index (Phi) is 9.72. The third-order valence-corrected chi connectivity index (χ3v) is 7.00. The molecule has 0 aromatic heterocycles. The van der Waals surface area contributed by atoms with E-state index < -0.39 is 0 Å². The lowest BCUT2D eigenvalue weighted by atomic mass is 9.98. The maximum absolute atomic E-state index is 11.2. The van der Waals surface area contributed by atoms with Crippen LogP contribution in [0, 0.1) is 22.7 Å². The second-order valence-electron chi connectivity index (χ2n) is 9.94. The Morgan fingerprint density at radius 2 is 0.870 bits per heavy atom. The van der Waals surface area contributed by atoms with Crippen molar-refractivity contribution in [2.24, 2.45) is 0 Å². The van der Waals surface area contributed by atoms with Crippen LogP contribution in [-0.4, -0.2) is 25.8 Å². The van der Waals surface area contributed by atoms with Crippen molar-refractivity contribution in [1.29, 1.82) is 10.5 Å². The van der Waals surface area contributed by atoms with Gasteiger partial charge in [0.05, 0.1) is 24.3 Å². The molecular formula is C38H28N2O6. The number of benzene rings is 5. The molecule has 46 heavy (non-hydrogen) atoms. The first-order chi connectivity index (χ1) is 22.5. The molecule has 5 aromatic carbocycles. The van der Waals surface area contributed by atoms with Crippen LogP contribution < -0.4 is 18.9 Å². The minimum absolute atomic E-state index is 0.339. The summed E-state index contributed by atoms with van der Waals surface area (Å²) in [6.07, 6.45) is 1.46. The van der Waals surface area contributed by atoms with Crippen molar-refractivity contribution >= 4 is 12.6 Å². The quantitative estimate of drug-likeness (QED) is 0.129. The number of carbonyl (C=O) groups excluding carboxylic acids is 2. The average molecular weight is 609 g/mol. The zero-order valence-corrected chi connectivity index (χ0v) is 25.2. The van der Waals surface area contributed by atoms with Crippen molar-refractivity contribution in [2.75, 3.05) is 13.2 Å². The van der Waals surface area contributed by atoms with Gasteiger partial charge in [-0.3, -0.25) is 9.59 Å². The predicted molar refractivity (Wildman–Crippen MR) is 173 cm³/mol. The Bertz CT molecular complexity index is 1840. The van der Waals surface area contributed by atoms with Crippen LogP contribution in [-0.2, 0) is 0 Å². The zero-order valence-electron chi connectivity index (χ0n) is 25.2. The molecular weight excluding hydrogens is 580 g/mol. The molecule has 0 fully saturated rings. The Morgan fingerprint density at radius 1 is 0.500 bits per heavy atom. The number of nitriles is 2. The van der Waals surface area contributed by atoms with E-state index in [1.54, 1.807) is 60.7 Å². The van der Waals surface area contributed by atoms with E-state index in [9.17, 15) is 20.1 Å². The van der Waals surface area contributed by atoms with E-state index >= 15 is 0 Å². The van der Waals surface area contributed by atoms with Gasteiger partial charge in [-0.2, -0.15) is 10.5 Å². The fourth-order valence-corrected chi connectivity index (χ4v) is 4.77. The lowest BCUT2D eigenvalue weighted by Crippen LogP contribution is -1.97. The molecule has 0 saturated carbocycles. The van der Waals surface area contributed by atoms with Crippen LogP contribution in [0.2, 0.25) is 0 Å². The van der Waals surface area contributed by atoms with Gasteiger partial charge in [-0.1, -0.05) is 36.4 Å². The first-order valence-corrected chi connectivity index (χ1v) is 14.5. The van der Waals surface area contributed by atoms with Crippen LogP contribution >= 0.6 is 0 Å². The number of nitrogens with zero attached hydrogens (tertiary/aromatic N) is 2. The highest BCUT2D eigenvalue weighted by atomic mass is 16.5. The lowest BCUT2D eigenvalue weighted by molar-refractivity contribution is 0.111. The molecule has 0 bridgehead atoms. The summed E-state index contributed by atoms with van der Waals surface area (Å²) >= 11 is 0. The summed E-state index contributed by atoms with van der Waals surface area (Å²) in [5.74, 6) is 2.36. The highest BCUT2D eigenvalue weighted by molar-refractivity contribution is 5.78. The van der Waals surface area contributed by atoms with Crippen molar-refractivity contribution in [2.45, 2.75) is 13.8 Å². The lowest BCUT2D eigenvalue weighted by Gasteiger charge is -2.14. The molecule has 0 radical (unpaired) electrons. The molecule has 0 aliphatic heterocycles. The fraction of sp³-hybridized carbons (Fsp3) is 0.105. The Labute approximate surface area is 266 Å². The molecule has 0 spiro atoms. The summed E-state index contributed by atoms with van der Waals surface area (Å²) in [7, 11) is 0. The minimum Gasteiger partial charge on any atom is -0.490 e. The van der Waals surface area contributed by atoms with E-state index in [0.29, 0.717) is 70.0 Å². The molecule has 5 rings (SSSR count). The molecule has 226 valence electrons. The van der Waals surface area contributed by atoms with Gasteiger partial charge in [0.2, 0.25) is 0 Å². The SMILES string of the molecule is CCOc1cc(C=O)ccc1Oc1ccc(-c2ccc(-c3ccc(Oc4ccc(C=O)cc4OCC)c(C#N)c3)cc2)cc1C#N. The molecule has 8 nitrogen and oxygen atoms in total. The molecule has 0 N–H and O–H groups in total. The third-order valence-electron chi connectivity index (χ3n) is 7.00. The summed E-state index contributed by atoms with van der Waals surface area (Å²) in [6.45, 7) is 4.45. The van der Waals surface area contributed by atoms with Gasteiger partial charge >= 0.3 is 0 Å². The summed E-state index contributed by atoms with van der Waals surface area (Å²) < 4.78 is 23.3. The first-order valence-electron chi connectivity index (χ1n) is 14.5. The monoisotopic (exact) mass is 608 g/mol. The van der Waals surface area contributed by atoms with Gasteiger partial charge < -0.3 is 18.9 Å². The van der Waals surface area contributed by atoms with E-state index in [1.807, 2.05) is 50.2 Å². The van der Waals surface area contributed by atoms with E-state index in [0.717, 1.165) is 34.8 Å². The van der Waals surface area contributed by atoms with Crippen LogP contribution in [0.25, 0.3) is 22.3 Å². The van der Waals surface area contributed by atoms with E-state index in [4.69, 9.17) is 18.9 Å². The smallest absolute Gasteiger partial charge is 0.169 e. The maximum atomic E-state index is 11.2. The average Bonchev–Trinajstić information content (AvgIpc) is 3.10. The Morgan fingerprint density at radius 3 is 1.22 bits per heavy atom. The molecule has 0 unspecified atom stereocenters. The molecule has 8 heteroatoms. The zero-order chi connectivity index (χ0) is 32.5. The highest BCUT2D eigenvalue weighted by Gasteiger charge is 2.14. The highest BCUT2D eigenvalue weighted by Crippen LogP contribution is 2.37. The fourth-order valence-electron chi connectivity index (χ4n) is 4.77. The van der Waals surface area contributed by atoms with Gasteiger partial charge in [0.25, 0.3) is 0 Å². The largest absolute Gasteiger partial charge is 0.490 e. The first kappa shape index (κ1) is 31.1. The number of aldehydes is 2. The van der Waals surface area contributed by atoms with Crippen LogP contribution in [0.5, 0.6) is 34.5 Å². The minimum atomic E-state index is 0.339. The van der Waals surface area contributed by atoms with Gasteiger partial charge in [0.1, 0.15) is 36.2 Å². The molecule has 5 aromatic rings. The number of ether oxygens (including phenoxy) is 4. The van der Waals surface area contributed by atoms with E-state index in [-0.39, 0.29) is 0 Å². The summed E-state index contributed by atoms with van der Waals surface area (Å²) in [6, 6.07) is 32.6. The van der Waals surface area contributed by atoms with E-state index in [1.165, 1.54) is 0 Å². The van der Waals surface area contributed by atoms with Gasteiger partial charge in [0.15, 0.2) is 23.0 Å². The number of carbonyl (C=O) groups is 2. The standard InChI is InChI=1S/C38H28N2O6/c1-3-43-37-17-25(23-41)5-13-35(37)45-33-15-11-29(19-31(33)21-39)27-7-9-28(10-8-27)30-12-16-34(32(20-30)22-40)46-36-14-6-26(24-42)18-38(36)44-4-2/h5-20,23-24H,3-4H2,1-2H3. The van der Waals surface area contributed by atoms with Crippen molar-refractivity contribution in [1.82, 2.24) is 0 Å². The van der Waals surface area contributed by atoms with Crippen LogP contribution in [0.1, 0.15) is 45.7 Å². The van der Waals surface area contributed by atoms with Crippen molar-refractivity contribution < 1.29 is 28.5 Å². The molecule has 0 aliphatic carbocycles. The Balaban J connectivity index is 1.36. The predicted octanol–water partition coefficient (Wildman–Crippen LogP) is 8.77. The topological polar surface area (TPSA) is 119 Å². The van der Waals surface area contributed by atoms with Gasteiger partial charge in [-0.05, 0) is 96.8 Å². The van der Waals surface area contributed by atoms with Crippen molar-refractivity contribution in [3.8, 4) is 68.9 Å². The normalized spacial score (nSPS) is 10.3. The third kappa shape index (κ3) is 6.88. The number of hydrogen-bond acceptors (Lipinski definition) is 8. The molecule has 0 aliphatic rings. The summed E-state index contributed by atoms with van der Waals surface area (Å²) in [4.78, 5) is 22.4. The molecule has 0 amide bonds. The molecule has 0 saturated heterocycles. The van der Waals surface area contributed by atoms with Crippen LogP contribution in [0.3, 0.4) is 0 Å². The van der Waals surface area contributed by atoms with Crippen LogP contribution in [0.15, 0.2) is 97.1 Å².